The molecule has 0 saturated carbocycles. The molecule has 0 heterocycles. The number of ether oxygens (including phenoxy) is 2. The molecule has 11 heteroatoms. The van der Waals surface area contributed by atoms with E-state index in [0.29, 0.717) is 17.7 Å². The molecule has 0 aliphatic carbocycles. The fourth-order valence-corrected chi connectivity index (χ4v) is 3.57. The van der Waals surface area contributed by atoms with Crippen molar-refractivity contribution in [3.63, 3.8) is 0 Å². The average Bonchev–Trinajstić information content (AvgIpc) is 2.90. The summed E-state index contributed by atoms with van der Waals surface area (Å²) in [5, 5.41) is 8.89. The van der Waals surface area contributed by atoms with Gasteiger partial charge in [-0.2, -0.15) is 5.10 Å². The molecule has 0 atom stereocenters. The number of hydrogen-bond acceptors (Lipinski definition) is 6. The molecule has 38 heavy (non-hydrogen) atoms. The average molecular weight is 541 g/mol. The van der Waals surface area contributed by atoms with Crippen molar-refractivity contribution in [2.75, 3.05) is 23.8 Å². The van der Waals surface area contributed by atoms with Crippen molar-refractivity contribution in [2.24, 2.45) is 5.10 Å². The zero-order valence-electron chi connectivity index (χ0n) is 20.7. The number of para-hydroxylation sites is 2. The number of amides is 3. The summed E-state index contributed by atoms with van der Waals surface area (Å²) in [5.74, 6) is -2.67. The van der Waals surface area contributed by atoms with Gasteiger partial charge in [0, 0.05) is 5.69 Å². The molecule has 3 aromatic carbocycles. The number of hydrazone groups is 1. The van der Waals surface area contributed by atoms with E-state index in [4.69, 9.17) is 21.1 Å². The van der Waals surface area contributed by atoms with Crippen LogP contribution in [0.25, 0.3) is 0 Å². The first-order chi connectivity index (χ1) is 18.3. The first-order valence-corrected chi connectivity index (χ1v) is 12.1. The number of rotatable bonds is 10. The standard InChI is InChI=1S/C27H26ClFN4O5/c1-3-18-9-5-7-11-21(18)32-26(35)27(36)33-30-15-17-13-19(28)25(23(14-17)37-4-2)38-16-24(34)31-22-12-8-6-10-20(22)29/h5-15H,3-4,16H2,1-2H3,(H,31,34)(H,32,35)(H,33,36)/b30-15-. The number of nitrogens with zero attached hydrogens (tertiary/aromatic N) is 1. The van der Waals surface area contributed by atoms with Crippen LogP contribution in [0.5, 0.6) is 11.5 Å². The number of aryl methyl sites for hydroxylation is 1. The van der Waals surface area contributed by atoms with Crippen LogP contribution in [0, 0.1) is 5.82 Å². The molecule has 3 amide bonds. The lowest BCUT2D eigenvalue weighted by molar-refractivity contribution is -0.136. The Balaban J connectivity index is 1.62. The van der Waals surface area contributed by atoms with Gasteiger partial charge in [0.25, 0.3) is 5.91 Å². The van der Waals surface area contributed by atoms with Crippen molar-refractivity contribution >= 4 is 46.9 Å². The van der Waals surface area contributed by atoms with Gasteiger partial charge >= 0.3 is 11.8 Å². The molecule has 0 bridgehead atoms. The third-order valence-corrected chi connectivity index (χ3v) is 5.34. The van der Waals surface area contributed by atoms with Crippen LogP contribution in [0.4, 0.5) is 15.8 Å². The summed E-state index contributed by atoms with van der Waals surface area (Å²) in [6.45, 7) is 3.51. The van der Waals surface area contributed by atoms with E-state index in [1.165, 1.54) is 36.5 Å². The molecule has 0 saturated heterocycles. The van der Waals surface area contributed by atoms with Gasteiger partial charge in [-0.3, -0.25) is 14.4 Å². The second-order valence-corrected chi connectivity index (χ2v) is 8.15. The zero-order chi connectivity index (χ0) is 27.5. The van der Waals surface area contributed by atoms with Crippen molar-refractivity contribution in [3.8, 4) is 11.5 Å². The minimum Gasteiger partial charge on any atom is -0.490 e. The molecule has 3 aromatic rings. The predicted molar refractivity (Wildman–Crippen MR) is 143 cm³/mol. The van der Waals surface area contributed by atoms with Gasteiger partial charge in [-0.25, -0.2) is 9.82 Å². The molecule has 0 aliphatic heterocycles. The molecule has 0 aromatic heterocycles. The Morgan fingerprint density at radius 2 is 1.66 bits per heavy atom. The molecular formula is C27H26ClFN4O5. The van der Waals surface area contributed by atoms with Crippen LogP contribution < -0.4 is 25.5 Å². The summed E-state index contributed by atoms with van der Waals surface area (Å²) in [4.78, 5) is 36.6. The first kappa shape index (κ1) is 28.1. The molecule has 198 valence electrons. The van der Waals surface area contributed by atoms with Crippen LogP contribution in [0.2, 0.25) is 5.02 Å². The highest BCUT2D eigenvalue weighted by molar-refractivity contribution is 6.39. The highest BCUT2D eigenvalue weighted by Gasteiger charge is 2.16. The Morgan fingerprint density at radius 3 is 2.37 bits per heavy atom. The van der Waals surface area contributed by atoms with E-state index in [9.17, 15) is 18.8 Å². The summed E-state index contributed by atoms with van der Waals surface area (Å²) in [6.07, 6.45) is 1.96. The van der Waals surface area contributed by atoms with E-state index in [-0.39, 0.29) is 28.8 Å². The van der Waals surface area contributed by atoms with Crippen molar-refractivity contribution in [3.05, 3.63) is 82.6 Å². The number of benzene rings is 3. The maximum absolute atomic E-state index is 13.8. The third-order valence-electron chi connectivity index (χ3n) is 5.06. The van der Waals surface area contributed by atoms with Crippen LogP contribution in [0.15, 0.2) is 65.8 Å². The van der Waals surface area contributed by atoms with Crippen molar-refractivity contribution in [1.29, 1.82) is 0 Å². The van der Waals surface area contributed by atoms with Gasteiger partial charge in [0.2, 0.25) is 0 Å². The van der Waals surface area contributed by atoms with Crippen LogP contribution in [-0.4, -0.2) is 37.1 Å². The zero-order valence-corrected chi connectivity index (χ0v) is 21.5. The number of carbonyl (C=O) groups is 3. The smallest absolute Gasteiger partial charge is 0.329 e. The lowest BCUT2D eigenvalue weighted by Crippen LogP contribution is -2.32. The van der Waals surface area contributed by atoms with Gasteiger partial charge in [0.1, 0.15) is 5.82 Å². The summed E-state index contributed by atoms with van der Waals surface area (Å²) >= 11 is 6.34. The van der Waals surface area contributed by atoms with E-state index in [0.717, 1.165) is 5.56 Å². The van der Waals surface area contributed by atoms with Crippen LogP contribution in [0.1, 0.15) is 25.0 Å². The Labute approximate surface area is 224 Å². The summed E-state index contributed by atoms with van der Waals surface area (Å²) in [6, 6.07) is 15.9. The summed E-state index contributed by atoms with van der Waals surface area (Å²) in [7, 11) is 0. The Kier molecular flexibility index (Phi) is 10.2. The van der Waals surface area contributed by atoms with E-state index in [1.54, 1.807) is 25.1 Å². The van der Waals surface area contributed by atoms with Gasteiger partial charge in [0.05, 0.1) is 23.5 Å². The van der Waals surface area contributed by atoms with E-state index < -0.39 is 30.1 Å². The van der Waals surface area contributed by atoms with Gasteiger partial charge in [-0.05, 0) is 54.8 Å². The number of anilines is 2. The van der Waals surface area contributed by atoms with Gasteiger partial charge in [-0.1, -0.05) is 48.9 Å². The Hall–Kier alpha value is -4.44. The molecule has 0 fully saturated rings. The predicted octanol–water partition coefficient (Wildman–Crippen LogP) is 4.55. The first-order valence-electron chi connectivity index (χ1n) is 11.7. The normalized spacial score (nSPS) is 10.6. The molecule has 3 rings (SSSR count). The number of halogens is 2. The lowest BCUT2D eigenvalue weighted by Gasteiger charge is -2.14. The fraction of sp³-hybridized carbons (Fsp3) is 0.185. The van der Waals surface area contributed by atoms with Crippen molar-refractivity contribution in [2.45, 2.75) is 20.3 Å². The molecule has 0 spiro atoms. The van der Waals surface area contributed by atoms with Gasteiger partial charge in [0.15, 0.2) is 18.1 Å². The van der Waals surface area contributed by atoms with E-state index in [2.05, 4.69) is 21.2 Å². The molecule has 0 radical (unpaired) electrons. The van der Waals surface area contributed by atoms with Crippen molar-refractivity contribution < 1.29 is 28.2 Å². The Morgan fingerprint density at radius 1 is 0.947 bits per heavy atom. The minimum absolute atomic E-state index is 0.0223. The number of carbonyl (C=O) groups excluding carboxylic acids is 3. The van der Waals surface area contributed by atoms with Crippen LogP contribution >= 0.6 is 11.6 Å². The topological polar surface area (TPSA) is 118 Å². The highest BCUT2D eigenvalue weighted by atomic mass is 35.5. The lowest BCUT2D eigenvalue weighted by atomic mass is 10.1. The summed E-state index contributed by atoms with van der Waals surface area (Å²) < 4.78 is 24.9. The minimum atomic E-state index is -0.955. The number of nitrogens with one attached hydrogen (secondary N) is 3. The highest BCUT2D eigenvalue weighted by Crippen LogP contribution is 2.36. The quantitative estimate of drug-likeness (QED) is 0.198. The monoisotopic (exact) mass is 540 g/mol. The molecule has 9 nitrogen and oxygen atoms in total. The molecule has 0 aliphatic rings. The molecule has 0 unspecified atom stereocenters. The third kappa shape index (κ3) is 7.78. The maximum atomic E-state index is 13.8. The fourth-order valence-electron chi connectivity index (χ4n) is 3.30. The molecular weight excluding hydrogens is 515 g/mol. The van der Waals surface area contributed by atoms with Crippen LogP contribution in [0.3, 0.4) is 0 Å². The van der Waals surface area contributed by atoms with Crippen LogP contribution in [-0.2, 0) is 20.8 Å². The van der Waals surface area contributed by atoms with Gasteiger partial charge in [-0.15, -0.1) is 0 Å². The molecule has 3 N–H and O–H groups in total. The summed E-state index contributed by atoms with van der Waals surface area (Å²) in [5.41, 5.74) is 4.05. The van der Waals surface area contributed by atoms with E-state index >= 15 is 0 Å². The Bertz CT molecular complexity index is 1350. The van der Waals surface area contributed by atoms with Crippen molar-refractivity contribution in [1.82, 2.24) is 5.43 Å². The largest absolute Gasteiger partial charge is 0.490 e. The van der Waals surface area contributed by atoms with Gasteiger partial charge < -0.3 is 20.1 Å². The SMILES string of the molecule is CCOc1cc(/C=N\NC(=O)C(=O)Nc2ccccc2CC)cc(Cl)c1OCC(=O)Nc1ccccc1F. The second kappa shape index (κ2) is 13.8. The van der Waals surface area contributed by atoms with E-state index in [1.807, 2.05) is 19.1 Å². The number of hydrogen-bond donors (Lipinski definition) is 3. The second-order valence-electron chi connectivity index (χ2n) is 7.74. The maximum Gasteiger partial charge on any atom is 0.329 e.